The molecule has 5 heteroatoms. The molecule has 0 atom stereocenters. The minimum atomic E-state index is -4.29. The second-order valence-corrected chi connectivity index (χ2v) is 3.84. The van der Waals surface area contributed by atoms with Crippen molar-refractivity contribution < 1.29 is 18.9 Å². The molecule has 72 valence electrons. The maximum Gasteiger partial charge on any atom is 0.469 e. The summed E-state index contributed by atoms with van der Waals surface area (Å²) in [6.45, 7) is 3.82. The minimum Gasteiger partial charge on any atom is -0.303 e. The van der Waals surface area contributed by atoms with Crippen LogP contribution in [0.4, 0.5) is 0 Å². The van der Waals surface area contributed by atoms with Crippen molar-refractivity contribution in [2.24, 2.45) is 0 Å². The number of phosphoric ester groups is 1. The third-order valence-corrected chi connectivity index (χ3v) is 1.71. The van der Waals surface area contributed by atoms with Crippen molar-refractivity contribution in [3.63, 3.8) is 0 Å². The molecule has 0 saturated carbocycles. The predicted octanol–water partition coefficient (Wildman–Crippen LogP) is 1.84. The summed E-state index contributed by atoms with van der Waals surface area (Å²) < 4.78 is 14.5. The van der Waals surface area contributed by atoms with Crippen molar-refractivity contribution in [3.05, 3.63) is 11.6 Å². The van der Waals surface area contributed by atoms with Gasteiger partial charge in [0.05, 0.1) is 6.61 Å². The molecule has 0 spiro atoms. The molecule has 0 radical (unpaired) electrons. The lowest BCUT2D eigenvalue weighted by Crippen LogP contribution is -1.93. The van der Waals surface area contributed by atoms with Crippen molar-refractivity contribution in [1.29, 1.82) is 0 Å². The summed E-state index contributed by atoms with van der Waals surface area (Å²) in [4.78, 5) is 16.7. The largest absolute Gasteiger partial charge is 0.469 e. The number of allylic oxidation sites excluding steroid dienone is 1. The number of phosphoric acid groups is 1. The van der Waals surface area contributed by atoms with E-state index in [0.29, 0.717) is 0 Å². The lowest BCUT2D eigenvalue weighted by atomic mass is 10.2. The fourth-order valence-corrected chi connectivity index (χ4v) is 1.01. The van der Waals surface area contributed by atoms with Gasteiger partial charge < -0.3 is 9.79 Å². The first-order valence-corrected chi connectivity index (χ1v) is 5.34. The topological polar surface area (TPSA) is 66.8 Å². The molecule has 12 heavy (non-hydrogen) atoms. The van der Waals surface area contributed by atoms with Crippen LogP contribution >= 0.6 is 7.82 Å². The van der Waals surface area contributed by atoms with E-state index in [0.717, 1.165) is 18.4 Å². The molecule has 0 fully saturated rings. The molecule has 0 aliphatic rings. The Morgan fingerprint density at radius 1 is 1.58 bits per heavy atom. The molecular formula is C7H15O4P. The third-order valence-electron chi connectivity index (χ3n) is 1.24. The normalized spacial score (nSPS) is 13.5. The molecule has 2 N–H and O–H groups in total. The Kier molecular flexibility index (Phi) is 5.42. The number of unbranched alkanes of at least 4 members (excludes halogenated alkanes) is 1. The van der Waals surface area contributed by atoms with Crippen molar-refractivity contribution in [2.45, 2.75) is 26.7 Å². The van der Waals surface area contributed by atoms with Crippen LogP contribution in [0.2, 0.25) is 0 Å². The molecule has 0 aromatic rings. The van der Waals surface area contributed by atoms with Gasteiger partial charge in [0.25, 0.3) is 0 Å². The Labute approximate surface area is 72.5 Å². The first-order valence-electron chi connectivity index (χ1n) is 3.81. The van der Waals surface area contributed by atoms with Gasteiger partial charge in [-0.1, -0.05) is 25.0 Å². The van der Waals surface area contributed by atoms with Crippen molar-refractivity contribution in [2.75, 3.05) is 6.61 Å². The Balaban J connectivity index is 3.71. The van der Waals surface area contributed by atoms with Crippen molar-refractivity contribution >= 4 is 7.82 Å². The highest BCUT2D eigenvalue weighted by Crippen LogP contribution is 2.36. The van der Waals surface area contributed by atoms with Crippen molar-refractivity contribution in [3.8, 4) is 0 Å². The van der Waals surface area contributed by atoms with Gasteiger partial charge in [0.15, 0.2) is 0 Å². The number of rotatable bonds is 5. The van der Waals surface area contributed by atoms with Gasteiger partial charge in [-0.05, 0) is 13.3 Å². The Morgan fingerprint density at radius 3 is 2.58 bits per heavy atom. The fourth-order valence-electron chi connectivity index (χ4n) is 0.636. The van der Waals surface area contributed by atoms with E-state index in [-0.39, 0.29) is 6.61 Å². The average Bonchev–Trinajstić information content (AvgIpc) is 1.95. The van der Waals surface area contributed by atoms with Gasteiger partial charge >= 0.3 is 7.82 Å². The summed E-state index contributed by atoms with van der Waals surface area (Å²) >= 11 is 0. The van der Waals surface area contributed by atoms with E-state index in [2.05, 4.69) is 4.52 Å². The molecule has 0 aliphatic carbocycles. The van der Waals surface area contributed by atoms with Gasteiger partial charge in [0.1, 0.15) is 0 Å². The standard InChI is InChI=1S/C7H15O4P/c1-3-4-5-7(2)6-11-12(8,9)10/h5H,3-4,6H2,1-2H3,(H2,8,9,10). The van der Waals surface area contributed by atoms with E-state index < -0.39 is 7.82 Å². The first-order chi connectivity index (χ1) is 5.45. The van der Waals surface area contributed by atoms with Crippen LogP contribution in [0.15, 0.2) is 11.6 Å². The summed E-state index contributed by atoms with van der Waals surface area (Å²) in [5.74, 6) is 0. The van der Waals surface area contributed by atoms with Crippen LogP contribution in [0.3, 0.4) is 0 Å². The summed E-state index contributed by atoms with van der Waals surface area (Å²) in [7, 11) is -4.29. The SMILES string of the molecule is CCCC=C(C)COP(=O)(O)O. The maximum absolute atomic E-state index is 10.3. The van der Waals surface area contributed by atoms with Crippen LogP contribution in [-0.2, 0) is 9.09 Å². The zero-order valence-electron chi connectivity index (χ0n) is 7.36. The smallest absolute Gasteiger partial charge is 0.303 e. The van der Waals surface area contributed by atoms with Gasteiger partial charge in [-0.25, -0.2) is 4.57 Å². The molecular weight excluding hydrogens is 179 g/mol. The van der Waals surface area contributed by atoms with E-state index in [1.165, 1.54) is 0 Å². The van der Waals surface area contributed by atoms with Crippen LogP contribution in [0.1, 0.15) is 26.7 Å². The van der Waals surface area contributed by atoms with Gasteiger partial charge in [0.2, 0.25) is 0 Å². The molecule has 0 heterocycles. The van der Waals surface area contributed by atoms with Gasteiger partial charge in [0, 0.05) is 0 Å². The van der Waals surface area contributed by atoms with Crippen LogP contribution in [0.25, 0.3) is 0 Å². The highest BCUT2D eigenvalue weighted by Gasteiger charge is 2.12. The molecule has 0 unspecified atom stereocenters. The lowest BCUT2D eigenvalue weighted by Gasteiger charge is -2.04. The molecule has 0 rings (SSSR count). The molecule has 0 aromatic carbocycles. The monoisotopic (exact) mass is 194 g/mol. The predicted molar refractivity (Wildman–Crippen MR) is 46.7 cm³/mol. The Morgan fingerprint density at radius 2 is 2.17 bits per heavy atom. The van der Waals surface area contributed by atoms with Crippen LogP contribution in [-0.4, -0.2) is 16.4 Å². The second-order valence-electron chi connectivity index (χ2n) is 2.60. The third kappa shape index (κ3) is 7.95. The molecule has 4 nitrogen and oxygen atoms in total. The van der Waals surface area contributed by atoms with Gasteiger partial charge in [-0.3, -0.25) is 4.52 Å². The van der Waals surface area contributed by atoms with E-state index >= 15 is 0 Å². The Bertz CT molecular complexity index is 194. The zero-order chi connectivity index (χ0) is 9.61. The van der Waals surface area contributed by atoms with Crippen molar-refractivity contribution in [1.82, 2.24) is 0 Å². The molecule has 0 bridgehead atoms. The Hall–Kier alpha value is -0.150. The van der Waals surface area contributed by atoms with E-state index in [9.17, 15) is 4.57 Å². The quantitative estimate of drug-likeness (QED) is 0.517. The highest BCUT2D eigenvalue weighted by molar-refractivity contribution is 7.46. The maximum atomic E-state index is 10.3. The van der Waals surface area contributed by atoms with E-state index in [1.54, 1.807) is 6.92 Å². The molecule has 0 aliphatic heterocycles. The molecule has 0 amide bonds. The summed E-state index contributed by atoms with van der Waals surface area (Å²) in [5.41, 5.74) is 0.847. The van der Waals surface area contributed by atoms with E-state index in [1.807, 2.05) is 13.0 Å². The van der Waals surface area contributed by atoms with E-state index in [4.69, 9.17) is 9.79 Å². The van der Waals surface area contributed by atoms with Gasteiger partial charge in [-0.15, -0.1) is 0 Å². The molecule has 0 aromatic heterocycles. The van der Waals surface area contributed by atoms with Gasteiger partial charge in [-0.2, -0.15) is 0 Å². The number of hydrogen-bond acceptors (Lipinski definition) is 2. The number of hydrogen-bond donors (Lipinski definition) is 2. The average molecular weight is 194 g/mol. The lowest BCUT2D eigenvalue weighted by molar-refractivity contribution is 0.211. The first kappa shape index (κ1) is 11.8. The fraction of sp³-hybridized carbons (Fsp3) is 0.714. The minimum absolute atomic E-state index is 0.00424. The second kappa shape index (κ2) is 5.49. The van der Waals surface area contributed by atoms with Crippen LogP contribution < -0.4 is 0 Å². The van der Waals surface area contributed by atoms with Crippen LogP contribution in [0, 0.1) is 0 Å². The van der Waals surface area contributed by atoms with Crippen LogP contribution in [0.5, 0.6) is 0 Å². The highest BCUT2D eigenvalue weighted by atomic mass is 31.2. The summed E-state index contributed by atoms with van der Waals surface area (Å²) in [6, 6.07) is 0. The summed E-state index contributed by atoms with van der Waals surface area (Å²) in [6.07, 6.45) is 3.85. The summed E-state index contributed by atoms with van der Waals surface area (Å²) in [5, 5.41) is 0. The zero-order valence-corrected chi connectivity index (χ0v) is 8.25. The molecule has 0 saturated heterocycles.